The van der Waals surface area contributed by atoms with Crippen LogP contribution in [0, 0.1) is 11.6 Å². The second kappa shape index (κ2) is 7.65. The number of carbonyl (C=O) groups excluding carboxylic acids is 1. The van der Waals surface area contributed by atoms with Crippen LogP contribution in [-0.4, -0.2) is 33.6 Å². The summed E-state index contributed by atoms with van der Waals surface area (Å²) in [7, 11) is 0. The highest BCUT2D eigenvalue weighted by atomic mass is 19.1. The second-order valence-corrected chi connectivity index (χ2v) is 7.09. The monoisotopic (exact) mass is 400 g/mol. The Morgan fingerprint density at radius 1 is 1.34 bits per heavy atom. The van der Waals surface area contributed by atoms with Gasteiger partial charge >= 0.3 is 0 Å². The van der Waals surface area contributed by atoms with Crippen molar-refractivity contribution in [2.45, 2.75) is 32.2 Å². The van der Waals surface area contributed by atoms with Crippen molar-refractivity contribution in [2.75, 3.05) is 23.7 Å². The van der Waals surface area contributed by atoms with Crippen molar-refractivity contribution < 1.29 is 13.6 Å². The van der Waals surface area contributed by atoms with Crippen molar-refractivity contribution in [2.24, 2.45) is 0 Å². The van der Waals surface area contributed by atoms with Gasteiger partial charge in [0.2, 0.25) is 0 Å². The number of amides is 1. The van der Waals surface area contributed by atoms with Gasteiger partial charge in [0.05, 0.1) is 6.04 Å². The van der Waals surface area contributed by atoms with Crippen molar-refractivity contribution in [3.05, 3.63) is 53.2 Å². The van der Waals surface area contributed by atoms with Crippen LogP contribution in [0.4, 0.5) is 20.4 Å². The van der Waals surface area contributed by atoms with E-state index >= 15 is 0 Å². The third-order valence-corrected chi connectivity index (χ3v) is 5.12. The summed E-state index contributed by atoms with van der Waals surface area (Å²) in [6, 6.07) is 4.89. The Hall–Kier alpha value is -3.23. The number of nitrogens with one attached hydrogen (secondary N) is 1. The standard InChI is InChI=1S/C20H22F2N6O/c1-2-8-24-20(29)17-18(23)26-28-10-7-16(25-19(17)28)27-9-3-4-15(27)13-11-12(21)5-6-14(13)22/h5-7,10-11,15H,2-4,8-9H2,1H3,(H2,23,26)(H,24,29)/t15-/m1/s1. The van der Waals surface area contributed by atoms with E-state index in [1.807, 2.05) is 11.8 Å². The molecule has 0 unspecified atom stereocenters. The first-order chi connectivity index (χ1) is 14.0. The molecule has 1 aliphatic heterocycles. The van der Waals surface area contributed by atoms with Gasteiger partial charge in [-0.1, -0.05) is 6.92 Å². The minimum atomic E-state index is -0.477. The highest BCUT2D eigenvalue weighted by Gasteiger charge is 2.30. The second-order valence-electron chi connectivity index (χ2n) is 7.09. The molecule has 1 saturated heterocycles. The molecule has 1 aromatic carbocycles. The van der Waals surface area contributed by atoms with Crippen molar-refractivity contribution in [1.29, 1.82) is 0 Å². The summed E-state index contributed by atoms with van der Waals surface area (Å²) < 4.78 is 29.5. The van der Waals surface area contributed by atoms with Gasteiger partial charge in [0.15, 0.2) is 11.5 Å². The van der Waals surface area contributed by atoms with E-state index < -0.39 is 11.6 Å². The fraction of sp³-hybridized carbons (Fsp3) is 0.350. The number of carbonyl (C=O) groups is 1. The predicted octanol–water partition coefficient (Wildman–Crippen LogP) is 3.07. The maximum Gasteiger partial charge on any atom is 0.258 e. The molecule has 1 amide bonds. The van der Waals surface area contributed by atoms with E-state index in [0.717, 1.165) is 25.0 Å². The molecule has 1 fully saturated rings. The van der Waals surface area contributed by atoms with Gasteiger partial charge in [0, 0.05) is 24.8 Å². The number of hydrogen-bond donors (Lipinski definition) is 2. The molecular weight excluding hydrogens is 378 g/mol. The van der Waals surface area contributed by atoms with Crippen LogP contribution in [0.3, 0.4) is 0 Å². The highest BCUT2D eigenvalue weighted by Crippen LogP contribution is 2.37. The lowest BCUT2D eigenvalue weighted by Gasteiger charge is -2.26. The fourth-order valence-corrected chi connectivity index (χ4v) is 3.78. The maximum absolute atomic E-state index is 14.4. The first-order valence-corrected chi connectivity index (χ1v) is 9.64. The van der Waals surface area contributed by atoms with E-state index in [1.165, 1.54) is 10.6 Å². The first-order valence-electron chi connectivity index (χ1n) is 9.64. The summed E-state index contributed by atoms with van der Waals surface area (Å²) in [6.45, 7) is 3.11. The molecule has 29 heavy (non-hydrogen) atoms. The van der Waals surface area contributed by atoms with Crippen LogP contribution in [0.15, 0.2) is 30.5 Å². The van der Waals surface area contributed by atoms with E-state index in [-0.39, 0.29) is 23.3 Å². The van der Waals surface area contributed by atoms with E-state index in [0.29, 0.717) is 36.5 Å². The van der Waals surface area contributed by atoms with Crippen LogP contribution in [0.25, 0.3) is 5.65 Å². The van der Waals surface area contributed by atoms with Crippen molar-refractivity contribution in [3.8, 4) is 0 Å². The number of hydrogen-bond acceptors (Lipinski definition) is 5. The lowest BCUT2D eigenvalue weighted by atomic mass is 10.0. The normalized spacial score (nSPS) is 16.5. The van der Waals surface area contributed by atoms with Gasteiger partial charge in [-0.25, -0.2) is 18.3 Å². The minimum absolute atomic E-state index is 0.0948. The summed E-state index contributed by atoms with van der Waals surface area (Å²) in [5.74, 6) is -0.601. The van der Waals surface area contributed by atoms with Gasteiger partial charge in [-0.05, 0) is 43.5 Å². The summed E-state index contributed by atoms with van der Waals surface area (Å²) in [6.07, 6.45) is 3.96. The molecule has 2 aromatic heterocycles. The molecule has 4 rings (SSSR count). The predicted molar refractivity (Wildman–Crippen MR) is 106 cm³/mol. The number of rotatable bonds is 5. The van der Waals surface area contributed by atoms with Crippen LogP contribution >= 0.6 is 0 Å². The Kier molecular flexibility index (Phi) is 5.04. The number of anilines is 2. The molecule has 0 aliphatic carbocycles. The van der Waals surface area contributed by atoms with Gasteiger partial charge in [-0.2, -0.15) is 0 Å². The van der Waals surface area contributed by atoms with Gasteiger partial charge in [0.1, 0.15) is 23.0 Å². The number of nitrogen functional groups attached to an aromatic ring is 1. The quantitative estimate of drug-likeness (QED) is 0.687. The number of halogens is 2. The highest BCUT2D eigenvalue weighted by molar-refractivity contribution is 6.04. The molecule has 1 atom stereocenters. The largest absolute Gasteiger partial charge is 0.381 e. The van der Waals surface area contributed by atoms with Crippen molar-refractivity contribution in [3.63, 3.8) is 0 Å². The van der Waals surface area contributed by atoms with Gasteiger partial charge < -0.3 is 16.0 Å². The molecule has 0 saturated carbocycles. The summed E-state index contributed by atoms with van der Waals surface area (Å²) in [5, 5.41) is 6.94. The molecular formula is C20H22F2N6O. The number of nitrogens with two attached hydrogens (primary N) is 1. The fourth-order valence-electron chi connectivity index (χ4n) is 3.78. The zero-order valence-electron chi connectivity index (χ0n) is 16.0. The molecule has 3 aromatic rings. The Labute approximate surface area is 166 Å². The van der Waals surface area contributed by atoms with Crippen LogP contribution in [0.5, 0.6) is 0 Å². The van der Waals surface area contributed by atoms with E-state index in [2.05, 4.69) is 15.4 Å². The zero-order valence-corrected chi connectivity index (χ0v) is 16.0. The molecule has 3 N–H and O–H groups in total. The average Bonchev–Trinajstić information content (AvgIpc) is 3.31. The number of fused-ring (bicyclic) bond motifs is 1. The van der Waals surface area contributed by atoms with Crippen molar-refractivity contribution in [1.82, 2.24) is 19.9 Å². The van der Waals surface area contributed by atoms with E-state index in [9.17, 15) is 13.6 Å². The number of benzene rings is 1. The molecule has 1 aliphatic rings. The molecule has 9 heteroatoms. The average molecular weight is 400 g/mol. The Bertz CT molecular complexity index is 1070. The molecule has 152 valence electrons. The summed E-state index contributed by atoms with van der Waals surface area (Å²) in [4.78, 5) is 19.0. The zero-order chi connectivity index (χ0) is 20.5. The molecule has 0 bridgehead atoms. The van der Waals surface area contributed by atoms with Crippen LogP contribution < -0.4 is 16.0 Å². The third-order valence-electron chi connectivity index (χ3n) is 5.12. The lowest BCUT2D eigenvalue weighted by Crippen LogP contribution is -2.26. The molecule has 7 nitrogen and oxygen atoms in total. The lowest BCUT2D eigenvalue weighted by molar-refractivity contribution is 0.0956. The molecule has 0 radical (unpaired) electrons. The Balaban J connectivity index is 1.73. The van der Waals surface area contributed by atoms with Gasteiger partial charge in [-0.15, -0.1) is 5.10 Å². The smallest absolute Gasteiger partial charge is 0.258 e. The first kappa shape index (κ1) is 19.1. The maximum atomic E-state index is 14.4. The van der Waals surface area contributed by atoms with Crippen molar-refractivity contribution >= 4 is 23.2 Å². The summed E-state index contributed by atoms with van der Waals surface area (Å²) in [5.41, 5.74) is 6.80. The van der Waals surface area contributed by atoms with Crippen LogP contribution in [0.2, 0.25) is 0 Å². The Morgan fingerprint density at radius 2 is 2.17 bits per heavy atom. The molecule has 3 heterocycles. The molecule has 0 spiro atoms. The summed E-state index contributed by atoms with van der Waals surface area (Å²) >= 11 is 0. The SMILES string of the molecule is CCCNC(=O)c1c(N)nn2ccc(N3CCC[C@@H]3c3cc(F)ccc3F)nc12. The third kappa shape index (κ3) is 3.48. The Morgan fingerprint density at radius 3 is 2.97 bits per heavy atom. The van der Waals surface area contributed by atoms with E-state index in [1.54, 1.807) is 12.3 Å². The van der Waals surface area contributed by atoms with Crippen LogP contribution in [-0.2, 0) is 0 Å². The minimum Gasteiger partial charge on any atom is -0.381 e. The van der Waals surface area contributed by atoms with Gasteiger partial charge in [0.25, 0.3) is 5.91 Å². The number of nitrogens with zero attached hydrogens (tertiary/aromatic N) is 4. The number of aromatic nitrogens is 3. The van der Waals surface area contributed by atoms with Gasteiger partial charge in [-0.3, -0.25) is 4.79 Å². The van der Waals surface area contributed by atoms with E-state index in [4.69, 9.17) is 5.73 Å². The van der Waals surface area contributed by atoms with Crippen LogP contribution in [0.1, 0.15) is 48.1 Å². The topological polar surface area (TPSA) is 88.5 Å².